The number of hydrogen-bond acceptors (Lipinski definition) is 6. The first-order valence-electron chi connectivity index (χ1n) is 9.33. The first kappa shape index (κ1) is 20.9. The van der Waals surface area contributed by atoms with Crippen molar-refractivity contribution in [3.05, 3.63) is 52.6 Å². The molecule has 0 spiro atoms. The summed E-state index contributed by atoms with van der Waals surface area (Å²) in [4.78, 5) is 31.1. The minimum atomic E-state index is -1.01. The number of H-pyrrole nitrogens is 1. The van der Waals surface area contributed by atoms with Crippen molar-refractivity contribution in [1.82, 2.24) is 25.2 Å². The van der Waals surface area contributed by atoms with Gasteiger partial charge in [-0.15, -0.1) is 0 Å². The van der Waals surface area contributed by atoms with E-state index < -0.39 is 17.7 Å². The number of nitrogens with zero attached hydrogens (tertiary/aromatic N) is 2. The van der Waals surface area contributed by atoms with Gasteiger partial charge in [0.05, 0.1) is 5.69 Å². The minimum absolute atomic E-state index is 0.120. The lowest BCUT2D eigenvalue weighted by Gasteiger charge is -2.16. The van der Waals surface area contributed by atoms with E-state index in [9.17, 15) is 14.7 Å². The van der Waals surface area contributed by atoms with Crippen molar-refractivity contribution in [2.75, 3.05) is 25.5 Å². The molecule has 3 aromatic rings. The van der Waals surface area contributed by atoms with Gasteiger partial charge in [-0.05, 0) is 36.7 Å². The highest BCUT2D eigenvalue weighted by atomic mass is 16.4. The molecule has 30 heavy (non-hydrogen) atoms. The Kier molecular flexibility index (Phi) is 6.32. The number of aromatic nitrogens is 3. The van der Waals surface area contributed by atoms with Gasteiger partial charge in [-0.2, -0.15) is 4.98 Å². The SMILES string of the molecule is CNc1cc2cn(-c3ccc([C@@H](NCCCNC(=N)N)C(=O)O)cc3)c(=O)nc2[nH]1. The molecule has 0 fully saturated rings. The summed E-state index contributed by atoms with van der Waals surface area (Å²) < 4.78 is 1.41. The second-order valence-corrected chi connectivity index (χ2v) is 6.64. The molecule has 0 amide bonds. The van der Waals surface area contributed by atoms with E-state index in [0.717, 1.165) is 11.2 Å². The van der Waals surface area contributed by atoms with Crippen molar-refractivity contribution in [3.8, 4) is 5.69 Å². The van der Waals surface area contributed by atoms with Gasteiger partial charge in [0.15, 0.2) is 5.96 Å². The Morgan fingerprint density at radius 1 is 1.33 bits per heavy atom. The number of carbonyl (C=O) groups is 1. The number of rotatable bonds is 9. The summed E-state index contributed by atoms with van der Waals surface area (Å²) in [6.07, 6.45) is 2.29. The molecular formula is C19H24N8O3. The zero-order valence-electron chi connectivity index (χ0n) is 16.4. The highest BCUT2D eigenvalue weighted by molar-refractivity contribution is 5.80. The second kappa shape index (κ2) is 9.09. The smallest absolute Gasteiger partial charge is 0.354 e. The van der Waals surface area contributed by atoms with Crippen LogP contribution in [0.25, 0.3) is 16.7 Å². The van der Waals surface area contributed by atoms with Gasteiger partial charge in [0, 0.05) is 25.2 Å². The molecular weight excluding hydrogens is 388 g/mol. The number of carboxylic acid groups (broad SMARTS) is 1. The molecule has 1 aromatic carbocycles. The van der Waals surface area contributed by atoms with Gasteiger partial charge >= 0.3 is 11.7 Å². The average molecular weight is 412 g/mol. The molecule has 2 aromatic heterocycles. The molecule has 11 heteroatoms. The molecule has 0 unspecified atom stereocenters. The van der Waals surface area contributed by atoms with Gasteiger partial charge in [-0.25, -0.2) is 4.79 Å². The van der Waals surface area contributed by atoms with Gasteiger partial charge in [0.25, 0.3) is 0 Å². The van der Waals surface area contributed by atoms with Gasteiger partial charge in [0.2, 0.25) is 0 Å². The lowest BCUT2D eigenvalue weighted by molar-refractivity contribution is -0.139. The molecule has 0 aliphatic rings. The summed E-state index contributed by atoms with van der Waals surface area (Å²) in [5, 5.41) is 26.0. The van der Waals surface area contributed by atoms with Crippen molar-refractivity contribution in [3.63, 3.8) is 0 Å². The third-order valence-corrected chi connectivity index (χ3v) is 4.55. The maximum Gasteiger partial charge on any atom is 0.354 e. The zero-order valence-corrected chi connectivity index (χ0v) is 16.4. The average Bonchev–Trinajstić information content (AvgIpc) is 3.11. The van der Waals surface area contributed by atoms with E-state index in [1.807, 2.05) is 6.07 Å². The van der Waals surface area contributed by atoms with E-state index in [1.54, 1.807) is 37.5 Å². The number of nitrogens with two attached hydrogens (primary N) is 1. The van der Waals surface area contributed by atoms with Crippen molar-refractivity contribution >= 4 is 28.8 Å². The standard InChI is InChI=1S/C19H24N8O3/c1-22-14-9-12-10-27(19(30)26-16(12)25-14)13-5-3-11(4-6-13)15(17(28)29)23-7-2-8-24-18(20)21/h3-6,9-10,15,22-23H,2,7-8H2,1H3,(H,28,29)(H4,20,21,24)(H,25,26,30)/t15-/m1/s1. The number of anilines is 1. The summed E-state index contributed by atoms with van der Waals surface area (Å²) in [5.74, 6) is -0.376. The van der Waals surface area contributed by atoms with Crippen molar-refractivity contribution < 1.29 is 9.90 Å². The second-order valence-electron chi connectivity index (χ2n) is 6.64. The van der Waals surface area contributed by atoms with Crippen LogP contribution in [-0.4, -0.2) is 51.7 Å². The molecule has 0 aliphatic heterocycles. The largest absolute Gasteiger partial charge is 0.480 e. The predicted molar refractivity (Wildman–Crippen MR) is 114 cm³/mol. The number of hydrogen-bond donors (Lipinski definition) is 7. The van der Waals surface area contributed by atoms with E-state index >= 15 is 0 Å². The topological polar surface area (TPSA) is 174 Å². The van der Waals surface area contributed by atoms with Crippen LogP contribution in [0.5, 0.6) is 0 Å². The Labute approximate surface area is 171 Å². The van der Waals surface area contributed by atoms with E-state index in [0.29, 0.717) is 36.4 Å². The Bertz CT molecular complexity index is 1100. The van der Waals surface area contributed by atoms with E-state index in [-0.39, 0.29) is 5.96 Å². The maximum absolute atomic E-state index is 12.4. The fourth-order valence-corrected chi connectivity index (χ4v) is 3.05. The Hall–Kier alpha value is -3.86. The number of benzene rings is 1. The van der Waals surface area contributed by atoms with Gasteiger partial charge < -0.3 is 31.8 Å². The van der Waals surface area contributed by atoms with Crippen LogP contribution >= 0.6 is 0 Å². The quantitative estimate of drug-likeness (QED) is 0.150. The number of nitrogens with one attached hydrogen (secondary N) is 5. The number of aromatic amines is 1. The van der Waals surface area contributed by atoms with Crippen LogP contribution in [-0.2, 0) is 4.79 Å². The summed E-state index contributed by atoms with van der Waals surface area (Å²) in [5.41, 5.74) is 6.41. The fourth-order valence-electron chi connectivity index (χ4n) is 3.05. The summed E-state index contributed by atoms with van der Waals surface area (Å²) in [6.45, 7) is 0.904. The van der Waals surface area contributed by atoms with Gasteiger partial charge in [-0.1, -0.05) is 12.1 Å². The Morgan fingerprint density at radius 3 is 2.70 bits per heavy atom. The molecule has 0 bridgehead atoms. The van der Waals surface area contributed by atoms with E-state index in [1.165, 1.54) is 4.57 Å². The first-order valence-corrected chi connectivity index (χ1v) is 9.33. The molecule has 8 N–H and O–H groups in total. The third-order valence-electron chi connectivity index (χ3n) is 4.55. The van der Waals surface area contributed by atoms with Crippen LogP contribution in [0.4, 0.5) is 5.82 Å². The lowest BCUT2D eigenvalue weighted by Crippen LogP contribution is -2.34. The summed E-state index contributed by atoms with van der Waals surface area (Å²) in [7, 11) is 1.77. The molecule has 11 nitrogen and oxygen atoms in total. The molecule has 0 aliphatic carbocycles. The minimum Gasteiger partial charge on any atom is -0.480 e. The molecule has 0 saturated heterocycles. The van der Waals surface area contributed by atoms with Crippen LogP contribution in [0.15, 0.2) is 41.3 Å². The van der Waals surface area contributed by atoms with Gasteiger partial charge in [-0.3, -0.25) is 14.8 Å². The van der Waals surface area contributed by atoms with Gasteiger partial charge in [0.1, 0.15) is 17.5 Å². The molecule has 1 atom stereocenters. The molecule has 0 radical (unpaired) electrons. The molecule has 2 heterocycles. The first-order chi connectivity index (χ1) is 14.4. The lowest BCUT2D eigenvalue weighted by atomic mass is 10.1. The molecule has 0 saturated carbocycles. The van der Waals surface area contributed by atoms with Crippen molar-refractivity contribution in [2.45, 2.75) is 12.5 Å². The van der Waals surface area contributed by atoms with Crippen molar-refractivity contribution in [2.24, 2.45) is 5.73 Å². The Morgan fingerprint density at radius 2 is 2.07 bits per heavy atom. The third kappa shape index (κ3) is 4.75. The summed E-state index contributed by atoms with van der Waals surface area (Å²) >= 11 is 0. The highest BCUT2D eigenvalue weighted by Crippen LogP contribution is 2.19. The van der Waals surface area contributed by atoms with Crippen LogP contribution in [0.1, 0.15) is 18.0 Å². The predicted octanol–water partition coefficient (Wildman–Crippen LogP) is 0.344. The normalized spacial score (nSPS) is 11.9. The van der Waals surface area contributed by atoms with E-state index in [2.05, 4.69) is 25.9 Å². The monoisotopic (exact) mass is 412 g/mol. The number of aliphatic carboxylic acids is 1. The zero-order chi connectivity index (χ0) is 21.7. The maximum atomic E-state index is 12.4. The number of guanidine groups is 1. The highest BCUT2D eigenvalue weighted by Gasteiger charge is 2.19. The van der Waals surface area contributed by atoms with Crippen LogP contribution in [0, 0.1) is 5.41 Å². The van der Waals surface area contributed by atoms with Crippen LogP contribution < -0.4 is 27.4 Å². The molecule has 158 valence electrons. The number of fused-ring (bicyclic) bond motifs is 1. The number of carboxylic acids is 1. The summed E-state index contributed by atoms with van der Waals surface area (Å²) in [6, 6.07) is 7.66. The molecule has 3 rings (SSSR count). The fraction of sp³-hybridized carbons (Fsp3) is 0.263. The van der Waals surface area contributed by atoms with E-state index in [4.69, 9.17) is 11.1 Å². The van der Waals surface area contributed by atoms with Crippen molar-refractivity contribution in [1.29, 1.82) is 5.41 Å². The van der Waals surface area contributed by atoms with Crippen LogP contribution in [0.2, 0.25) is 0 Å². The van der Waals surface area contributed by atoms with Crippen LogP contribution in [0.3, 0.4) is 0 Å². The Balaban J connectivity index is 1.76.